The van der Waals surface area contributed by atoms with Crippen LogP contribution >= 0.6 is 11.6 Å². The molecule has 3 heterocycles. The van der Waals surface area contributed by atoms with Gasteiger partial charge in [-0.05, 0) is 31.0 Å². The molecule has 2 amide bonds. The summed E-state index contributed by atoms with van der Waals surface area (Å²) in [5, 5.41) is 5.22. The van der Waals surface area contributed by atoms with Gasteiger partial charge in [-0.1, -0.05) is 11.6 Å². The van der Waals surface area contributed by atoms with E-state index in [1.807, 2.05) is 0 Å². The van der Waals surface area contributed by atoms with Crippen LogP contribution in [-0.4, -0.2) is 43.7 Å². The molecule has 0 radical (unpaired) electrons. The van der Waals surface area contributed by atoms with Gasteiger partial charge < -0.3 is 19.8 Å². The summed E-state index contributed by atoms with van der Waals surface area (Å²) in [6.45, 7) is 0.158. The molecule has 1 atom stereocenters. The number of hydrogen-bond acceptors (Lipinski definition) is 6. The van der Waals surface area contributed by atoms with E-state index in [-0.39, 0.29) is 41.3 Å². The number of amides is 2. The van der Waals surface area contributed by atoms with E-state index < -0.39 is 22.0 Å². The summed E-state index contributed by atoms with van der Waals surface area (Å²) in [6, 6.07) is 5.19. The molecule has 1 unspecified atom stereocenters. The number of sulfonamides is 1. The summed E-state index contributed by atoms with van der Waals surface area (Å²) in [4.78, 5) is 23.9. The van der Waals surface area contributed by atoms with Gasteiger partial charge in [0, 0.05) is 12.6 Å². The highest BCUT2D eigenvalue weighted by atomic mass is 35.5. The zero-order chi connectivity index (χ0) is 20.6. The summed E-state index contributed by atoms with van der Waals surface area (Å²) in [6.07, 6.45) is 2.45. The number of furan rings is 1. The minimum atomic E-state index is -4.06. The largest absolute Gasteiger partial charge is 0.482 e. The van der Waals surface area contributed by atoms with Crippen molar-refractivity contribution in [3.05, 3.63) is 41.3 Å². The Balaban J connectivity index is 1.57. The average Bonchev–Trinajstić information content (AvgIpc) is 3.37. The van der Waals surface area contributed by atoms with Crippen molar-refractivity contribution < 1.29 is 27.2 Å². The zero-order valence-electron chi connectivity index (χ0n) is 15.2. The van der Waals surface area contributed by atoms with E-state index in [9.17, 15) is 18.0 Å². The predicted octanol–water partition coefficient (Wildman–Crippen LogP) is 1.73. The first-order valence-electron chi connectivity index (χ1n) is 8.94. The number of ether oxygens (including phenoxy) is 1. The SMILES string of the molecule is O=C1COc2cc(S(=O)(=O)N3CCCC3C(=O)NCc3ccco3)c(Cl)cc2N1. The van der Waals surface area contributed by atoms with Crippen LogP contribution in [0, 0.1) is 0 Å². The van der Waals surface area contributed by atoms with Gasteiger partial charge >= 0.3 is 0 Å². The molecule has 4 rings (SSSR count). The maximum Gasteiger partial charge on any atom is 0.262 e. The average molecular weight is 440 g/mol. The first-order valence-corrected chi connectivity index (χ1v) is 10.8. The Morgan fingerprint density at radius 1 is 1.38 bits per heavy atom. The van der Waals surface area contributed by atoms with Crippen LogP contribution in [0.15, 0.2) is 39.8 Å². The second kappa shape index (κ2) is 7.69. The van der Waals surface area contributed by atoms with Gasteiger partial charge in [0.05, 0.1) is 23.5 Å². The number of nitrogens with one attached hydrogen (secondary N) is 2. The van der Waals surface area contributed by atoms with Crippen molar-refractivity contribution in [2.24, 2.45) is 0 Å². The molecule has 29 heavy (non-hydrogen) atoms. The zero-order valence-corrected chi connectivity index (χ0v) is 16.8. The third kappa shape index (κ3) is 3.83. The van der Waals surface area contributed by atoms with Crippen LogP contribution in [0.4, 0.5) is 5.69 Å². The van der Waals surface area contributed by atoms with Crippen LogP contribution in [0.1, 0.15) is 18.6 Å². The Morgan fingerprint density at radius 3 is 2.97 bits per heavy atom. The van der Waals surface area contributed by atoms with Gasteiger partial charge in [-0.15, -0.1) is 0 Å². The molecule has 154 valence electrons. The summed E-state index contributed by atoms with van der Waals surface area (Å²) < 4.78 is 38.1. The van der Waals surface area contributed by atoms with Gasteiger partial charge in [0.15, 0.2) is 6.61 Å². The first-order chi connectivity index (χ1) is 13.9. The lowest BCUT2D eigenvalue weighted by Crippen LogP contribution is -2.45. The molecule has 1 fully saturated rings. The molecule has 1 aromatic carbocycles. The molecule has 1 aromatic heterocycles. The smallest absolute Gasteiger partial charge is 0.262 e. The van der Waals surface area contributed by atoms with Gasteiger partial charge in [-0.25, -0.2) is 8.42 Å². The molecule has 2 aromatic rings. The number of nitrogens with zero attached hydrogens (tertiary/aromatic N) is 1. The Morgan fingerprint density at radius 2 is 2.21 bits per heavy atom. The second-order valence-electron chi connectivity index (χ2n) is 6.69. The summed E-state index contributed by atoms with van der Waals surface area (Å²) >= 11 is 6.20. The fourth-order valence-electron chi connectivity index (χ4n) is 3.40. The Kier molecular flexibility index (Phi) is 5.24. The molecule has 0 bridgehead atoms. The summed E-state index contributed by atoms with van der Waals surface area (Å²) in [5.41, 5.74) is 0.305. The van der Waals surface area contributed by atoms with Crippen molar-refractivity contribution in [2.75, 3.05) is 18.5 Å². The van der Waals surface area contributed by atoms with E-state index in [0.29, 0.717) is 24.3 Å². The predicted molar refractivity (Wildman–Crippen MR) is 103 cm³/mol. The minimum Gasteiger partial charge on any atom is -0.482 e. The van der Waals surface area contributed by atoms with Crippen molar-refractivity contribution in [1.82, 2.24) is 9.62 Å². The van der Waals surface area contributed by atoms with Gasteiger partial charge in [-0.2, -0.15) is 4.31 Å². The van der Waals surface area contributed by atoms with E-state index in [1.165, 1.54) is 18.4 Å². The number of carbonyl (C=O) groups is 2. The van der Waals surface area contributed by atoms with Gasteiger partial charge in [-0.3, -0.25) is 9.59 Å². The van der Waals surface area contributed by atoms with Crippen molar-refractivity contribution in [3.63, 3.8) is 0 Å². The van der Waals surface area contributed by atoms with Crippen LogP contribution in [0.25, 0.3) is 0 Å². The van der Waals surface area contributed by atoms with Crippen molar-refractivity contribution in [2.45, 2.75) is 30.3 Å². The fraction of sp³-hybridized carbons (Fsp3) is 0.333. The quantitative estimate of drug-likeness (QED) is 0.732. The molecule has 0 aliphatic carbocycles. The molecule has 0 saturated carbocycles. The van der Waals surface area contributed by atoms with E-state index in [0.717, 1.165) is 4.31 Å². The third-order valence-electron chi connectivity index (χ3n) is 4.78. The molecule has 2 aliphatic rings. The molecule has 9 nitrogen and oxygen atoms in total. The number of benzene rings is 1. The lowest BCUT2D eigenvalue weighted by atomic mass is 10.2. The Labute approximate surface area is 172 Å². The maximum atomic E-state index is 13.3. The monoisotopic (exact) mass is 439 g/mol. The molecule has 0 spiro atoms. The molecule has 2 N–H and O–H groups in total. The highest BCUT2D eigenvalue weighted by Gasteiger charge is 2.40. The fourth-order valence-corrected chi connectivity index (χ4v) is 5.58. The lowest BCUT2D eigenvalue weighted by molar-refractivity contribution is -0.124. The van der Waals surface area contributed by atoms with Crippen LogP contribution in [0.5, 0.6) is 5.75 Å². The first kappa shape index (κ1) is 19.7. The van der Waals surface area contributed by atoms with Gasteiger partial charge in [0.1, 0.15) is 22.4 Å². The molecular formula is C18H18ClN3O6S. The Bertz CT molecular complexity index is 1050. The summed E-state index contributed by atoms with van der Waals surface area (Å²) in [5.74, 6) is 0.0327. The van der Waals surface area contributed by atoms with E-state index >= 15 is 0 Å². The van der Waals surface area contributed by atoms with E-state index in [1.54, 1.807) is 12.1 Å². The van der Waals surface area contributed by atoms with Crippen molar-refractivity contribution in [3.8, 4) is 5.75 Å². The van der Waals surface area contributed by atoms with Gasteiger partial charge in [0.25, 0.3) is 5.91 Å². The molecule has 1 saturated heterocycles. The van der Waals surface area contributed by atoms with E-state index in [4.69, 9.17) is 20.8 Å². The number of fused-ring (bicyclic) bond motifs is 1. The number of carbonyl (C=O) groups excluding carboxylic acids is 2. The highest BCUT2D eigenvalue weighted by molar-refractivity contribution is 7.89. The molecular weight excluding hydrogens is 422 g/mol. The van der Waals surface area contributed by atoms with Crippen molar-refractivity contribution >= 4 is 39.1 Å². The minimum absolute atomic E-state index is 0.0591. The lowest BCUT2D eigenvalue weighted by Gasteiger charge is -2.25. The number of anilines is 1. The standard InChI is InChI=1S/C18H18ClN3O6S/c19-12-7-13-15(28-10-17(23)21-13)8-16(12)29(25,26)22-5-1-4-14(22)18(24)20-9-11-3-2-6-27-11/h2-3,6-8,14H,1,4-5,9-10H2,(H,20,24)(H,21,23). The molecule has 2 aliphatic heterocycles. The van der Waals surface area contributed by atoms with Gasteiger partial charge in [0.2, 0.25) is 15.9 Å². The highest BCUT2D eigenvalue weighted by Crippen LogP contribution is 2.38. The number of rotatable bonds is 5. The maximum absolute atomic E-state index is 13.3. The Hall–Kier alpha value is -2.56. The normalized spacial score (nSPS) is 19.3. The van der Waals surface area contributed by atoms with Crippen LogP contribution < -0.4 is 15.4 Å². The van der Waals surface area contributed by atoms with E-state index in [2.05, 4.69) is 10.6 Å². The topological polar surface area (TPSA) is 118 Å². The second-order valence-corrected chi connectivity index (χ2v) is 8.95. The van der Waals surface area contributed by atoms with Crippen molar-refractivity contribution in [1.29, 1.82) is 0 Å². The van der Waals surface area contributed by atoms with Crippen LogP contribution in [-0.2, 0) is 26.2 Å². The van der Waals surface area contributed by atoms with Crippen LogP contribution in [0.2, 0.25) is 5.02 Å². The van der Waals surface area contributed by atoms with Crippen LogP contribution in [0.3, 0.4) is 0 Å². The third-order valence-corrected chi connectivity index (χ3v) is 7.15. The molecule has 11 heteroatoms. The number of halogens is 1. The summed E-state index contributed by atoms with van der Waals surface area (Å²) in [7, 11) is -4.06. The number of hydrogen-bond donors (Lipinski definition) is 2.